The molecule has 0 aromatic heterocycles. The number of carbonyl (C=O) groups excluding carboxylic acids is 6. The summed E-state index contributed by atoms with van der Waals surface area (Å²) >= 11 is 0. The first-order valence-corrected chi connectivity index (χ1v) is 21.6. The fourth-order valence-corrected chi connectivity index (χ4v) is 6.12. The summed E-state index contributed by atoms with van der Waals surface area (Å²) in [5.74, 6) is -6.85. The Hall–Kier alpha value is -1.36. The Morgan fingerprint density at radius 1 is 0.518 bits per heavy atom. The Bertz CT molecular complexity index is 1240. The molecule has 18 nitrogen and oxygen atoms in total. The number of hydrogen-bond acceptors (Lipinski definition) is 14. The molecule has 0 radical (unpaired) electrons. The summed E-state index contributed by atoms with van der Waals surface area (Å²) in [5, 5.41) is 21.4. The zero-order valence-corrected chi connectivity index (χ0v) is 39.2. The third-order valence-corrected chi connectivity index (χ3v) is 9.96. The van der Waals surface area contributed by atoms with Crippen LogP contribution in [0.25, 0.3) is 0 Å². The first-order chi connectivity index (χ1) is 25.4. The quantitative estimate of drug-likeness (QED) is 0.0213. The Labute approximate surface area is 376 Å². The molecule has 316 valence electrons. The molecule has 0 aromatic carbocycles. The summed E-state index contributed by atoms with van der Waals surface area (Å²) in [5.41, 5.74) is 0. The smallest absolute Gasteiger partial charge is 0.550 e. The average Bonchev–Trinajstić information content (AvgIpc) is 3.07. The monoisotopic (exact) mass is 862 g/mol. The summed E-state index contributed by atoms with van der Waals surface area (Å²) in [4.78, 5) is 67.2. The summed E-state index contributed by atoms with van der Waals surface area (Å²) in [6, 6.07) is 0. The van der Waals surface area contributed by atoms with Gasteiger partial charge in [0.2, 0.25) is 11.8 Å². The average molecular weight is 863 g/mol. The van der Waals surface area contributed by atoms with E-state index in [9.17, 15) is 55.8 Å². The molecule has 56 heavy (non-hydrogen) atoms. The van der Waals surface area contributed by atoms with Crippen molar-refractivity contribution in [1.29, 1.82) is 0 Å². The number of unbranched alkanes of at least 4 members (excludes halogenated alkanes) is 14. The van der Waals surface area contributed by atoms with Crippen molar-refractivity contribution in [2.24, 2.45) is 0 Å². The van der Waals surface area contributed by atoms with Gasteiger partial charge in [-0.25, -0.2) is 0 Å². The summed E-state index contributed by atoms with van der Waals surface area (Å²) in [6.07, 6.45) is 16.1. The zero-order valence-electron chi connectivity index (χ0n) is 33.6. The minimum Gasteiger partial charge on any atom is -0.550 e. The van der Waals surface area contributed by atoms with E-state index < -0.39 is 67.5 Å². The summed E-state index contributed by atoms with van der Waals surface area (Å²) in [7, 11) is -9.84. The number of rotatable bonds is 32. The minimum atomic E-state index is -4.92. The van der Waals surface area contributed by atoms with Crippen molar-refractivity contribution in [2.75, 3.05) is 26.3 Å². The van der Waals surface area contributed by atoms with Gasteiger partial charge in [-0.2, -0.15) is 16.8 Å². The van der Waals surface area contributed by atoms with E-state index in [1.807, 2.05) is 0 Å². The molecule has 0 aromatic rings. The van der Waals surface area contributed by atoms with Crippen molar-refractivity contribution in [3.05, 3.63) is 0 Å². The number of ether oxygens (including phenoxy) is 2. The van der Waals surface area contributed by atoms with Crippen molar-refractivity contribution >= 4 is 55.9 Å². The summed E-state index contributed by atoms with van der Waals surface area (Å²) < 4.78 is 70.8. The maximum atomic E-state index is 11.6. The zero-order chi connectivity index (χ0) is 41.4. The first-order valence-electron chi connectivity index (χ1n) is 18.6. The minimum absolute atomic E-state index is 0. The van der Waals surface area contributed by atoms with Crippen LogP contribution in [-0.4, -0.2) is 98.4 Å². The van der Waals surface area contributed by atoms with Gasteiger partial charge in [-0.15, -0.1) is 0 Å². The predicted octanol–water partition coefficient (Wildman–Crippen LogP) is -4.85. The molecule has 0 saturated heterocycles. The van der Waals surface area contributed by atoms with Crippen molar-refractivity contribution in [3.63, 3.8) is 0 Å². The van der Waals surface area contributed by atoms with E-state index in [1.165, 1.54) is 64.2 Å². The van der Waals surface area contributed by atoms with Crippen LogP contribution in [0.2, 0.25) is 0 Å². The molecule has 2 unspecified atom stereocenters. The van der Waals surface area contributed by atoms with E-state index in [4.69, 9.17) is 9.11 Å². The SMILES string of the molecule is CCCCCCCCCCC(=O)NCCOC(=O)C(CC(=O)[O-])S(=O)(=O)O.CCCCCCCCCCC(=O)NCCOC(=O)C(CC(=O)[O-])S(=O)(=O)O.[Na+].[Na+]. The Kier molecular flexibility index (Phi) is 41.5. The van der Waals surface area contributed by atoms with Crippen molar-refractivity contribution < 1.29 is 134 Å². The molecule has 0 aliphatic heterocycles. The third-order valence-electron chi connectivity index (χ3n) is 7.80. The fraction of sp³-hybridized carbons (Fsp3) is 0.824. The van der Waals surface area contributed by atoms with Crippen LogP contribution < -0.4 is 80.0 Å². The van der Waals surface area contributed by atoms with E-state index in [-0.39, 0.29) is 97.2 Å². The standard InChI is InChI=1S/2C17H31NO8S.2Na/c2*1-2-3-4-5-6-7-8-9-10-15(19)18-11-12-26-17(22)14(13-16(20)21)27(23,24)25;;/h2*14H,2-13H2,1H3,(H,18,19)(H,20,21)(H,23,24,25);;/q;;2*+1/p-2. The Morgan fingerprint density at radius 3 is 1.04 bits per heavy atom. The van der Waals surface area contributed by atoms with Crippen molar-refractivity contribution in [1.82, 2.24) is 10.6 Å². The molecule has 0 heterocycles. The van der Waals surface area contributed by atoms with E-state index in [1.54, 1.807) is 0 Å². The molecule has 2 amide bonds. The molecule has 2 atom stereocenters. The van der Waals surface area contributed by atoms with Gasteiger partial charge in [0, 0.05) is 37.6 Å². The van der Waals surface area contributed by atoms with Crippen molar-refractivity contribution in [2.45, 2.75) is 153 Å². The van der Waals surface area contributed by atoms with E-state index >= 15 is 0 Å². The van der Waals surface area contributed by atoms with Gasteiger partial charge in [-0.1, -0.05) is 104 Å². The van der Waals surface area contributed by atoms with Crippen molar-refractivity contribution in [3.8, 4) is 0 Å². The second kappa shape index (κ2) is 37.9. The van der Waals surface area contributed by atoms with E-state index in [0.717, 1.165) is 38.5 Å². The number of carboxylic acids is 2. The molecule has 0 spiro atoms. The number of carbonyl (C=O) groups is 6. The second-order valence-corrected chi connectivity index (χ2v) is 15.8. The first kappa shape index (κ1) is 61.3. The van der Waals surface area contributed by atoms with Gasteiger partial charge in [0.15, 0.2) is 10.5 Å². The molecule has 22 heteroatoms. The molecule has 0 aliphatic rings. The van der Waals surface area contributed by atoms with Gasteiger partial charge in [0.1, 0.15) is 13.2 Å². The Balaban J connectivity index is -0.000000466. The molecule has 4 N–H and O–H groups in total. The van der Waals surface area contributed by atoms with Crippen LogP contribution in [0.5, 0.6) is 0 Å². The molecular weight excluding hydrogens is 802 g/mol. The largest absolute Gasteiger partial charge is 1.00 e. The van der Waals surface area contributed by atoms with Crippen LogP contribution in [0.3, 0.4) is 0 Å². The van der Waals surface area contributed by atoms with Crippen LogP contribution in [0, 0.1) is 0 Å². The normalized spacial score (nSPS) is 11.9. The van der Waals surface area contributed by atoms with Crippen LogP contribution in [0.4, 0.5) is 0 Å². The molecule has 0 rings (SSSR count). The number of amides is 2. The second-order valence-electron chi connectivity index (χ2n) is 12.6. The van der Waals surface area contributed by atoms with Crippen LogP contribution in [0.15, 0.2) is 0 Å². The van der Waals surface area contributed by atoms with Gasteiger partial charge in [-0.05, 0) is 12.8 Å². The number of nitrogens with one attached hydrogen (secondary N) is 2. The molecule has 0 fully saturated rings. The summed E-state index contributed by atoms with van der Waals surface area (Å²) in [6.45, 7) is 3.60. The molecule has 0 bridgehead atoms. The molecular formula is C34H60N2Na2O16S2. The number of carboxylic acid groups (broad SMARTS) is 2. The van der Waals surface area contributed by atoms with Crippen LogP contribution >= 0.6 is 0 Å². The maximum absolute atomic E-state index is 11.6. The number of hydrogen-bond donors (Lipinski definition) is 4. The molecule has 0 saturated carbocycles. The third kappa shape index (κ3) is 38.2. The van der Waals surface area contributed by atoms with Gasteiger partial charge < -0.3 is 39.9 Å². The van der Waals surface area contributed by atoms with Gasteiger partial charge in [0.05, 0.1) is 13.1 Å². The maximum Gasteiger partial charge on any atom is 1.00 e. The van der Waals surface area contributed by atoms with Crippen LogP contribution in [0.1, 0.15) is 142 Å². The van der Waals surface area contributed by atoms with Crippen LogP contribution in [-0.2, 0) is 58.5 Å². The van der Waals surface area contributed by atoms with E-state index in [0.29, 0.717) is 12.8 Å². The topological polar surface area (TPSA) is 300 Å². The fourth-order valence-electron chi connectivity index (χ4n) is 4.81. The molecule has 0 aliphatic carbocycles. The number of aliphatic carboxylic acids is 2. The van der Waals surface area contributed by atoms with Gasteiger partial charge in [0.25, 0.3) is 20.2 Å². The van der Waals surface area contributed by atoms with Gasteiger partial charge >= 0.3 is 71.1 Å². The number of esters is 2. The predicted molar refractivity (Wildman–Crippen MR) is 192 cm³/mol. The van der Waals surface area contributed by atoms with Gasteiger partial charge in [-0.3, -0.25) is 28.3 Å². The van der Waals surface area contributed by atoms with E-state index in [2.05, 4.69) is 34.0 Å². The Morgan fingerprint density at radius 2 is 0.786 bits per heavy atom.